The fourth-order valence-corrected chi connectivity index (χ4v) is 3.31. The molecule has 168 valence electrons. The van der Waals surface area contributed by atoms with Crippen LogP contribution < -0.4 is 5.32 Å². The number of aryl methyl sites for hydroxylation is 2. The Morgan fingerprint density at radius 3 is 2.28 bits per heavy atom. The zero-order valence-corrected chi connectivity index (χ0v) is 17.2. The molecule has 1 aromatic carbocycles. The number of nitrogens with one attached hydrogen (secondary N) is 2. The fraction of sp³-hybridized carbons (Fsp3) is 0.227. The molecular weight excluding hydrogens is 427 g/mol. The molecule has 0 atom stereocenters. The molecule has 4 rings (SSSR count). The van der Waals surface area contributed by atoms with E-state index >= 15 is 0 Å². The topological polar surface area (TPSA) is 115 Å². The average molecular weight is 447 g/mol. The molecule has 0 saturated carbocycles. The molecule has 1 aliphatic heterocycles. The summed E-state index contributed by atoms with van der Waals surface area (Å²) in [5.74, 6) is -2.46. The van der Waals surface area contributed by atoms with Gasteiger partial charge in [0, 0.05) is 41.7 Å². The second-order valence-corrected chi connectivity index (χ2v) is 7.27. The molecule has 0 fully saturated rings. The molecule has 32 heavy (non-hydrogen) atoms. The number of carbonyl (C=O) groups excluding carboxylic acids is 1. The smallest absolute Gasteiger partial charge is 0.490 e. The molecule has 0 bridgehead atoms. The van der Waals surface area contributed by atoms with Gasteiger partial charge >= 0.3 is 12.1 Å². The van der Waals surface area contributed by atoms with Crippen molar-refractivity contribution in [3.63, 3.8) is 0 Å². The summed E-state index contributed by atoms with van der Waals surface area (Å²) in [7, 11) is 0. The summed E-state index contributed by atoms with van der Waals surface area (Å²) in [5, 5.41) is 20.0. The molecule has 4 N–H and O–H groups in total. The number of carboxylic acids is 1. The lowest BCUT2D eigenvalue weighted by molar-refractivity contribution is -0.192. The van der Waals surface area contributed by atoms with Gasteiger partial charge in [-0.15, -0.1) is 0 Å². The van der Waals surface area contributed by atoms with Gasteiger partial charge in [-0.2, -0.15) is 13.2 Å². The van der Waals surface area contributed by atoms with E-state index in [-0.39, 0.29) is 5.91 Å². The molecule has 10 heteroatoms. The van der Waals surface area contributed by atoms with Crippen LogP contribution in [0.15, 0.2) is 36.5 Å². The van der Waals surface area contributed by atoms with Gasteiger partial charge in [0.05, 0.1) is 11.3 Å². The van der Waals surface area contributed by atoms with Crippen LogP contribution in [0.25, 0.3) is 22.5 Å². The number of aromatic amines is 1. The Kier molecular flexibility index (Phi) is 6.24. The standard InChI is InChI=1S/C20H19N3O2.C2HF3O2/c1-11-7-14(8-12(2)19(11)24)17-9-13(3-5-21-17)18-10-15-16(23-18)4-6-22-20(15)25;3-2(4,5)1(6)7/h3,5,7-10,23-24H,4,6H2,1-2H3,(H,22,25);(H,6,7). The van der Waals surface area contributed by atoms with Gasteiger partial charge < -0.3 is 20.5 Å². The van der Waals surface area contributed by atoms with Gasteiger partial charge in [0.2, 0.25) is 0 Å². The van der Waals surface area contributed by atoms with Crippen molar-refractivity contribution in [2.45, 2.75) is 26.4 Å². The Balaban J connectivity index is 0.000000360. The van der Waals surface area contributed by atoms with Crippen LogP contribution in [0.4, 0.5) is 13.2 Å². The molecule has 0 spiro atoms. The maximum absolute atomic E-state index is 12.0. The third-order valence-electron chi connectivity index (χ3n) is 4.90. The van der Waals surface area contributed by atoms with Gasteiger partial charge in [-0.1, -0.05) is 0 Å². The second kappa shape index (κ2) is 8.74. The first-order valence-electron chi connectivity index (χ1n) is 9.54. The average Bonchev–Trinajstić information content (AvgIpc) is 3.17. The maximum atomic E-state index is 12.0. The molecule has 2 aromatic heterocycles. The minimum absolute atomic E-state index is 0.0252. The Hall–Kier alpha value is -3.82. The number of benzene rings is 1. The summed E-state index contributed by atoms with van der Waals surface area (Å²) in [5.41, 5.74) is 7.05. The summed E-state index contributed by atoms with van der Waals surface area (Å²) in [6.07, 6.45) is -2.50. The number of carboxylic acid groups (broad SMARTS) is 1. The molecule has 3 heterocycles. The predicted molar refractivity (Wildman–Crippen MR) is 110 cm³/mol. The molecule has 7 nitrogen and oxygen atoms in total. The molecule has 0 unspecified atom stereocenters. The van der Waals surface area contributed by atoms with Crippen molar-refractivity contribution in [2.75, 3.05) is 6.54 Å². The number of H-pyrrole nitrogens is 1. The van der Waals surface area contributed by atoms with Crippen molar-refractivity contribution in [3.05, 3.63) is 58.9 Å². The van der Waals surface area contributed by atoms with Crippen LogP contribution in [-0.2, 0) is 11.2 Å². The van der Waals surface area contributed by atoms with E-state index < -0.39 is 12.1 Å². The van der Waals surface area contributed by atoms with Crippen molar-refractivity contribution in [2.24, 2.45) is 0 Å². The number of rotatable bonds is 2. The van der Waals surface area contributed by atoms with Gasteiger partial charge in [-0.3, -0.25) is 9.78 Å². The van der Waals surface area contributed by atoms with E-state index in [0.29, 0.717) is 12.3 Å². The lowest BCUT2D eigenvalue weighted by Crippen LogP contribution is -2.31. The number of phenols is 1. The largest absolute Gasteiger partial charge is 0.507 e. The van der Waals surface area contributed by atoms with Crippen molar-refractivity contribution >= 4 is 11.9 Å². The number of carbonyl (C=O) groups is 2. The van der Waals surface area contributed by atoms with E-state index in [4.69, 9.17) is 9.90 Å². The number of aromatic nitrogens is 2. The third-order valence-corrected chi connectivity index (χ3v) is 4.90. The molecule has 1 aliphatic rings. The normalized spacial score (nSPS) is 13.0. The number of halogens is 3. The lowest BCUT2D eigenvalue weighted by atomic mass is 10.0. The van der Waals surface area contributed by atoms with E-state index in [1.54, 1.807) is 6.20 Å². The van der Waals surface area contributed by atoms with Crippen molar-refractivity contribution in [1.29, 1.82) is 0 Å². The number of aliphatic carboxylic acids is 1. The zero-order valence-electron chi connectivity index (χ0n) is 17.2. The van der Waals surface area contributed by atoms with E-state index in [2.05, 4.69) is 15.3 Å². The van der Waals surface area contributed by atoms with E-state index in [9.17, 15) is 23.1 Å². The first kappa shape index (κ1) is 22.9. The van der Waals surface area contributed by atoms with E-state index in [0.717, 1.165) is 51.3 Å². The van der Waals surface area contributed by atoms with Crippen LogP contribution in [0.1, 0.15) is 27.2 Å². The minimum Gasteiger partial charge on any atom is -0.507 e. The van der Waals surface area contributed by atoms with E-state index in [1.807, 2.05) is 44.2 Å². The number of nitrogens with zero attached hydrogens (tertiary/aromatic N) is 1. The highest BCUT2D eigenvalue weighted by atomic mass is 19.4. The van der Waals surface area contributed by atoms with Crippen LogP contribution in [-0.4, -0.2) is 44.8 Å². The molecule has 1 amide bonds. The van der Waals surface area contributed by atoms with Crippen LogP contribution in [0.2, 0.25) is 0 Å². The maximum Gasteiger partial charge on any atom is 0.490 e. The summed E-state index contributed by atoms with van der Waals surface area (Å²) < 4.78 is 31.7. The van der Waals surface area contributed by atoms with Crippen molar-refractivity contribution < 1.29 is 33.0 Å². The summed E-state index contributed by atoms with van der Waals surface area (Å²) in [6, 6.07) is 9.69. The Labute approximate surface area is 180 Å². The number of amides is 1. The molecule has 0 saturated heterocycles. The Bertz CT molecular complexity index is 1160. The van der Waals surface area contributed by atoms with Gasteiger partial charge in [0.1, 0.15) is 5.75 Å². The highest BCUT2D eigenvalue weighted by Crippen LogP contribution is 2.31. The van der Waals surface area contributed by atoms with Gasteiger partial charge in [-0.05, 0) is 55.3 Å². The van der Waals surface area contributed by atoms with Crippen molar-refractivity contribution in [3.8, 4) is 28.3 Å². The van der Waals surface area contributed by atoms with Gasteiger partial charge in [0.15, 0.2) is 0 Å². The lowest BCUT2D eigenvalue weighted by Gasteiger charge is -2.11. The third kappa shape index (κ3) is 4.90. The first-order valence-corrected chi connectivity index (χ1v) is 9.54. The quantitative estimate of drug-likeness (QED) is 0.474. The predicted octanol–water partition coefficient (Wildman–Crippen LogP) is 3.99. The first-order chi connectivity index (χ1) is 15.0. The second-order valence-electron chi connectivity index (χ2n) is 7.27. The number of hydrogen-bond donors (Lipinski definition) is 4. The molecule has 3 aromatic rings. The number of aromatic hydroxyl groups is 1. The van der Waals surface area contributed by atoms with Crippen molar-refractivity contribution in [1.82, 2.24) is 15.3 Å². The molecule has 0 radical (unpaired) electrons. The number of phenolic OH excluding ortho intramolecular Hbond substituents is 1. The number of fused-ring (bicyclic) bond motifs is 1. The number of hydrogen-bond acceptors (Lipinski definition) is 4. The number of alkyl halides is 3. The van der Waals surface area contributed by atoms with Crippen LogP contribution in [0.3, 0.4) is 0 Å². The molecular formula is C22H20F3N3O4. The summed E-state index contributed by atoms with van der Waals surface area (Å²) in [4.78, 5) is 28.7. The SMILES string of the molecule is Cc1cc(-c2cc(-c3cc4c([nH]3)CCNC4=O)ccn2)cc(C)c1O.O=C(O)C(F)(F)F. The Morgan fingerprint density at radius 2 is 1.72 bits per heavy atom. The zero-order chi connectivity index (χ0) is 23.6. The monoisotopic (exact) mass is 447 g/mol. The Morgan fingerprint density at radius 1 is 1.09 bits per heavy atom. The van der Waals surface area contributed by atoms with E-state index in [1.165, 1.54) is 0 Å². The molecule has 0 aliphatic carbocycles. The van der Waals surface area contributed by atoms with Crippen LogP contribution >= 0.6 is 0 Å². The van der Waals surface area contributed by atoms with Gasteiger partial charge in [0.25, 0.3) is 5.91 Å². The van der Waals surface area contributed by atoms with Gasteiger partial charge in [-0.25, -0.2) is 4.79 Å². The summed E-state index contributed by atoms with van der Waals surface area (Å²) in [6.45, 7) is 4.43. The number of pyridine rings is 1. The highest BCUT2D eigenvalue weighted by molar-refractivity contribution is 5.97. The fourth-order valence-electron chi connectivity index (χ4n) is 3.31. The highest BCUT2D eigenvalue weighted by Gasteiger charge is 2.38. The summed E-state index contributed by atoms with van der Waals surface area (Å²) >= 11 is 0. The minimum atomic E-state index is -5.08. The van der Waals surface area contributed by atoms with Crippen LogP contribution in [0.5, 0.6) is 5.75 Å². The van der Waals surface area contributed by atoms with Crippen LogP contribution in [0, 0.1) is 13.8 Å².